The van der Waals surface area contributed by atoms with E-state index < -0.39 is 0 Å². The second-order valence-electron chi connectivity index (χ2n) is 4.67. The molecule has 0 radical (unpaired) electrons. The van der Waals surface area contributed by atoms with Crippen LogP contribution in [0.1, 0.15) is 37.8 Å². The Hall–Kier alpha value is -2.24. The molecule has 0 saturated heterocycles. The van der Waals surface area contributed by atoms with Crippen LogP contribution in [0.25, 0.3) is 0 Å². The molecule has 1 atom stereocenters. The Kier molecular flexibility index (Phi) is 7.08. The van der Waals surface area contributed by atoms with Gasteiger partial charge in [0.1, 0.15) is 5.75 Å². The zero-order chi connectivity index (χ0) is 15.7. The van der Waals surface area contributed by atoms with Crippen molar-refractivity contribution in [3.05, 3.63) is 29.8 Å². The molecule has 6 heteroatoms. The first-order valence-corrected chi connectivity index (χ1v) is 7.04. The summed E-state index contributed by atoms with van der Waals surface area (Å²) in [6, 6.07) is 7.20. The molecule has 0 saturated carbocycles. The molecule has 4 N–H and O–H groups in total. The average molecular weight is 293 g/mol. The summed E-state index contributed by atoms with van der Waals surface area (Å²) >= 11 is 0. The first-order valence-electron chi connectivity index (χ1n) is 7.04. The van der Waals surface area contributed by atoms with Crippen molar-refractivity contribution in [1.82, 2.24) is 10.6 Å². The highest BCUT2D eigenvalue weighted by atomic mass is 16.5. The molecule has 21 heavy (non-hydrogen) atoms. The highest BCUT2D eigenvalue weighted by Gasteiger charge is 2.16. The normalized spacial score (nSPS) is 11.5. The number of methoxy groups -OCH3 is 1. The molecule has 1 aromatic carbocycles. The topological polar surface area (TPSA) is 93.5 Å². The number of nitrogens with two attached hydrogens (primary N) is 1. The van der Waals surface area contributed by atoms with Gasteiger partial charge >= 0.3 is 6.03 Å². The standard InChI is InChI=1S/C15H23N3O3/c1-3-12(11-7-4-5-8-13(11)21-2)18-15(20)17-10-6-9-14(16)19/h4-5,7-8,12H,3,6,9-10H2,1-2H3,(H2,16,19)(H2,17,18,20). The molecular weight excluding hydrogens is 270 g/mol. The maximum atomic E-state index is 11.9. The number of benzene rings is 1. The number of hydrogen-bond donors (Lipinski definition) is 3. The van der Waals surface area contributed by atoms with Gasteiger partial charge < -0.3 is 21.1 Å². The van der Waals surface area contributed by atoms with Crippen LogP contribution in [-0.2, 0) is 4.79 Å². The van der Waals surface area contributed by atoms with Crippen molar-refractivity contribution in [2.24, 2.45) is 5.73 Å². The second kappa shape index (κ2) is 8.84. The van der Waals surface area contributed by atoms with Crippen molar-refractivity contribution >= 4 is 11.9 Å². The fourth-order valence-corrected chi connectivity index (χ4v) is 2.03. The van der Waals surface area contributed by atoms with Crippen LogP contribution in [0.3, 0.4) is 0 Å². The third kappa shape index (κ3) is 5.72. The Balaban J connectivity index is 2.53. The molecule has 1 unspecified atom stereocenters. The van der Waals surface area contributed by atoms with E-state index in [0.29, 0.717) is 13.0 Å². The molecule has 116 valence electrons. The van der Waals surface area contributed by atoms with Crippen LogP contribution in [0.2, 0.25) is 0 Å². The highest BCUT2D eigenvalue weighted by Crippen LogP contribution is 2.26. The summed E-state index contributed by atoms with van der Waals surface area (Å²) in [5.41, 5.74) is 5.98. The minimum atomic E-state index is -0.363. The van der Waals surface area contributed by atoms with Crippen molar-refractivity contribution in [3.8, 4) is 5.75 Å². The number of hydrogen-bond acceptors (Lipinski definition) is 3. The van der Waals surface area contributed by atoms with E-state index in [2.05, 4.69) is 10.6 Å². The summed E-state index contributed by atoms with van der Waals surface area (Å²) in [5.74, 6) is 0.385. The Morgan fingerprint density at radius 1 is 1.33 bits per heavy atom. The molecular formula is C15H23N3O3. The van der Waals surface area contributed by atoms with Gasteiger partial charge in [-0.1, -0.05) is 25.1 Å². The van der Waals surface area contributed by atoms with Crippen molar-refractivity contribution < 1.29 is 14.3 Å². The summed E-state index contributed by atoms with van der Waals surface area (Å²) < 4.78 is 5.31. The molecule has 0 aliphatic carbocycles. The zero-order valence-electron chi connectivity index (χ0n) is 12.5. The zero-order valence-corrected chi connectivity index (χ0v) is 12.5. The van der Waals surface area contributed by atoms with Crippen molar-refractivity contribution in [3.63, 3.8) is 0 Å². The van der Waals surface area contributed by atoms with Crippen LogP contribution in [0.4, 0.5) is 4.79 Å². The van der Waals surface area contributed by atoms with E-state index in [0.717, 1.165) is 17.7 Å². The summed E-state index contributed by atoms with van der Waals surface area (Å²) in [5, 5.41) is 5.61. The molecule has 0 heterocycles. The smallest absolute Gasteiger partial charge is 0.315 e. The summed E-state index contributed by atoms with van der Waals surface area (Å²) in [7, 11) is 1.61. The number of primary amides is 1. The average Bonchev–Trinajstić information content (AvgIpc) is 2.49. The maximum absolute atomic E-state index is 11.9. The van der Waals surface area contributed by atoms with Crippen LogP contribution in [0, 0.1) is 0 Å². The highest BCUT2D eigenvalue weighted by molar-refractivity contribution is 5.75. The monoisotopic (exact) mass is 293 g/mol. The van der Waals surface area contributed by atoms with Crippen LogP contribution in [-0.4, -0.2) is 25.6 Å². The van der Waals surface area contributed by atoms with Crippen molar-refractivity contribution in [1.29, 1.82) is 0 Å². The third-order valence-corrected chi connectivity index (χ3v) is 3.11. The molecule has 0 aromatic heterocycles. The van der Waals surface area contributed by atoms with Gasteiger partial charge in [0, 0.05) is 18.5 Å². The number of ether oxygens (including phenoxy) is 1. The van der Waals surface area contributed by atoms with Gasteiger partial charge in [-0.15, -0.1) is 0 Å². The van der Waals surface area contributed by atoms with Crippen molar-refractivity contribution in [2.75, 3.05) is 13.7 Å². The molecule has 0 aliphatic rings. The summed E-state index contributed by atoms with van der Waals surface area (Å²) in [4.78, 5) is 22.5. The molecule has 1 rings (SSSR count). The van der Waals surface area contributed by atoms with Crippen LogP contribution in [0.15, 0.2) is 24.3 Å². The quantitative estimate of drug-likeness (QED) is 0.637. The van der Waals surface area contributed by atoms with Gasteiger partial charge in [-0.25, -0.2) is 4.79 Å². The Morgan fingerprint density at radius 2 is 2.05 bits per heavy atom. The lowest BCUT2D eigenvalue weighted by atomic mass is 10.0. The largest absolute Gasteiger partial charge is 0.496 e. The van der Waals surface area contributed by atoms with Gasteiger partial charge in [-0.3, -0.25) is 4.79 Å². The summed E-state index contributed by atoms with van der Waals surface area (Å²) in [6.07, 6.45) is 1.55. The lowest BCUT2D eigenvalue weighted by molar-refractivity contribution is -0.118. The Bertz CT molecular complexity index is 477. The summed E-state index contributed by atoms with van der Waals surface area (Å²) in [6.45, 7) is 2.40. The minimum absolute atomic E-state index is 0.128. The fourth-order valence-electron chi connectivity index (χ4n) is 2.03. The van der Waals surface area contributed by atoms with Crippen LogP contribution in [0.5, 0.6) is 5.75 Å². The lowest BCUT2D eigenvalue weighted by Crippen LogP contribution is -2.38. The number of urea groups is 1. The molecule has 0 fully saturated rings. The number of carbonyl (C=O) groups is 2. The molecule has 0 bridgehead atoms. The number of para-hydroxylation sites is 1. The number of rotatable bonds is 8. The Morgan fingerprint density at radius 3 is 2.67 bits per heavy atom. The van der Waals surface area contributed by atoms with E-state index >= 15 is 0 Å². The predicted molar refractivity (Wildman–Crippen MR) is 81.0 cm³/mol. The van der Waals surface area contributed by atoms with Crippen molar-refractivity contribution in [2.45, 2.75) is 32.2 Å². The van der Waals surface area contributed by atoms with Crippen LogP contribution >= 0.6 is 0 Å². The van der Waals surface area contributed by atoms with E-state index in [9.17, 15) is 9.59 Å². The number of amides is 3. The van der Waals surface area contributed by atoms with Gasteiger partial charge in [0.05, 0.1) is 13.2 Å². The van der Waals surface area contributed by atoms with Gasteiger partial charge in [0.25, 0.3) is 0 Å². The number of nitrogens with one attached hydrogen (secondary N) is 2. The predicted octanol–water partition coefficient (Wildman–Crippen LogP) is 1.71. The Labute approximate surface area is 125 Å². The number of carbonyl (C=O) groups excluding carboxylic acids is 2. The van der Waals surface area contributed by atoms with Gasteiger partial charge in [-0.2, -0.15) is 0 Å². The first kappa shape index (κ1) is 16.8. The second-order valence-corrected chi connectivity index (χ2v) is 4.67. The van der Waals surface area contributed by atoms with Gasteiger partial charge in [0.15, 0.2) is 0 Å². The molecule has 6 nitrogen and oxygen atoms in total. The van der Waals surface area contributed by atoms with Gasteiger partial charge in [0.2, 0.25) is 5.91 Å². The minimum Gasteiger partial charge on any atom is -0.496 e. The van der Waals surface area contributed by atoms with E-state index in [4.69, 9.17) is 10.5 Å². The van der Waals surface area contributed by atoms with E-state index in [1.54, 1.807) is 7.11 Å². The molecule has 3 amide bonds. The van der Waals surface area contributed by atoms with E-state index in [1.807, 2.05) is 31.2 Å². The third-order valence-electron chi connectivity index (χ3n) is 3.11. The molecule has 1 aromatic rings. The first-order chi connectivity index (χ1) is 10.1. The lowest BCUT2D eigenvalue weighted by Gasteiger charge is -2.20. The SMILES string of the molecule is CCC(NC(=O)NCCCC(N)=O)c1ccccc1OC. The van der Waals surface area contributed by atoms with Crippen LogP contribution < -0.4 is 21.1 Å². The molecule has 0 aliphatic heterocycles. The maximum Gasteiger partial charge on any atom is 0.315 e. The molecule has 0 spiro atoms. The van der Waals surface area contributed by atoms with Gasteiger partial charge in [-0.05, 0) is 18.9 Å². The van der Waals surface area contributed by atoms with E-state index in [-0.39, 0.29) is 24.4 Å². The fraction of sp³-hybridized carbons (Fsp3) is 0.467. The van der Waals surface area contributed by atoms with E-state index in [1.165, 1.54) is 0 Å².